The minimum atomic E-state index is -0.230. The van der Waals surface area contributed by atoms with Crippen LogP contribution in [0.25, 0.3) is 17.0 Å². The van der Waals surface area contributed by atoms with Crippen LogP contribution in [0.4, 0.5) is 0 Å². The van der Waals surface area contributed by atoms with E-state index in [-0.39, 0.29) is 11.9 Å². The van der Waals surface area contributed by atoms with E-state index in [1.165, 1.54) is 0 Å². The van der Waals surface area contributed by atoms with Gasteiger partial charge in [0.05, 0.1) is 6.04 Å². The monoisotopic (exact) mass is 360 g/mol. The van der Waals surface area contributed by atoms with Crippen molar-refractivity contribution in [2.75, 3.05) is 0 Å². The molecule has 3 heterocycles. The highest BCUT2D eigenvalue weighted by atomic mass is 16.3. The molecule has 1 unspecified atom stereocenters. The van der Waals surface area contributed by atoms with Gasteiger partial charge in [0.25, 0.3) is 0 Å². The zero-order valence-corrected chi connectivity index (χ0v) is 15.0. The fraction of sp³-hybridized carbons (Fsp3) is 0.190. The molecular formula is C21H20N4O2. The standard InChI is InChI=1S/C21H20N4O2/c1-15(21-24-23-19-9-5-6-14-25(19)21)22-20(26)13-11-17-10-12-18(27-17)16-7-3-2-4-8-16/h2-10,12,14-15H,11,13H2,1H3,(H,22,26). The van der Waals surface area contributed by atoms with Gasteiger partial charge in [0.15, 0.2) is 11.5 Å². The molecule has 0 saturated heterocycles. The Morgan fingerprint density at radius 1 is 1.07 bits per heavy atom. The number of amides is 1. The molecular weight excluding hydrogens is 340 g/mol. The topological polar surface area (TPSA) is 72.4 Å². The summed E-state index contributed by atoms with van der Waals surface area (Å²) in [5.41, 5.74) is 1.79. The van der Waals surface area contributed by atoms with Crippen LogP contribution in [0, 0.1) is 0 Å². The predicted molar refractivity (Wildman–Crippen MR) is 102 cm³/mol. The lowest BCUT2D eigenvalue weighted by Gasteiger charge is -2.12. The van der Waals surface area contributed by atoms with Gasteiger partial charge in [-0.2, -0.15) is 0 Å². The van der Waals surface area contributed by atoms with Crippen molar-refractivity contribution in [1.82, 2.24) is 19.9 Å². The first-order chi connectivity index (χ1) is 13.2. The van der Waals surface area contributed by atoms with Crippen molar-refractivity contribution in [2.45, 2.75) is 25.8 Å². The summed E-state index contributed by atoms with van der Waals surface area (Å²) in [6, 6.07) is 19.2. The summed E-state index contributed by atoms with van der Waals surface area (Å²) in [4.78, 5) is 12.3. The van der Waals surface area contributed by atoms with Crippen molar-refractivity contribution in [3.8, 4) is 11.3 Å². The van der Waals surface area contributed by atoms with Gasteiger partial charge in [0, 0.05) is 24.6 Å². The Morgan fingerprint density at radius 3 is 2.74 bits per heavy atom. The molecule has 0 aliphatic carbocycles. The van der Waals surface area contributed by atoms with Gasteiger partial charge >= 0.3 is 0 Å². The zero-order valence-electron chi connectivity index (χ0n) is 15.0. The second-order valence-corrected chi connectivity index (χ2v) is 6.41. The van der Waals surface area contributed by atoms with E-state index in [1.54, 1.807) is 0 Å². The number of nitrogens with one attached hydrogen (secondary N) is 1. The maximum atomic E-state index is 12.3. The van der Waals surface area contributed by atoms with Gasteiger partial charge in [-0.15, -0.1) is 10.2 Å². The van der Waals surface area contributed by atoms with Crippen molar-refractivity contribution < 1.29 is 9.21 Å². The quantitative estimate of drug-likeness (QED) is 0.568. The molecule has 0 fully saturated rings. The number of carbonyl (C=O) groups excluding carboxylic acids is 1. The molecule has 0 radical (unpaired) electrons. The summed E-state index contributed by atoms with van der Waals surface area (Å²) in [5.74, 6) is 2.27. The third kappa shape index (κ3) is 3.74. The lowest BCUT2D eigenvalue weighted by Crippen LogP contribution is -2.28. The number of hydrogen-bond acceptors (Lipinski definition) is 4. The van der Waals surface area contributed by atoms with Crippen molar-refractivity contribution >= 4 is 11.6 Å². The van der Waals surface area contributed by atoms with Gasteiger partial charge in [-0.1, -0.05) is 36.4 Å². The van der Waals surface area contributed by atoms with Gasteiger partial charge in [-0.25, -0.2) is 0 Å². The molecule has 4 rings (SSSR count). The molecule has 1 N–H and O–H groups in total. The Morgan fingerprint density at radius 2 is 1.89 bits per heavy atom. The molecule has 0 saturated carbocycles. The average Bonchev–Trinajstić information content (AvgIpc) is 3.34. The second kappa shape index (κ2) is 7.45. The molecule has 0 bridgehead atoms. The minimum absolute atomic E-state index is 0.0483. The molecule has 3 aromatic heterocycles. The molecule has 1 amide bonds. The number of hydrogen-bond donors (Lipinski definition) is 1. The normalized spacial score (nSPS) is 12.2. The van der Waals surface area contributed by atoms with Crippen LogP contribution in [0.15, 0.2) is 71.3 Å². The van der Waals surface area contributed by atoms with Crippen molar-refractivity contribution in [3.63, 3.8) is 0 Å². The highest BCUT2D eigenvalue weighted by Gasteiger charge is 2.16. The smallest absolute Gasteiger partial charge is 0.221 e. The lowest BCUT2D eigenvalue weighted by atomic mass is 10.2. The first-order valence-corrected chi connectivity index (χ1v) is 8.94. The minimum Gasteiger partial charge on any atom is -0.461 e. The fourth-order valence-electron chi connectivity index (χ4n) is 3.04. The number of benzene rings is 1. The Kier molecular flexibility index (Phi) is 4.70. The molecule has 136 valence electrons. The number of fused-ring (bicyclic) bond motifs is 1. The number of rotatable bonds is 6. The summed E-state index contributed by atoms with van der Waals surface area (Å²) < 4.78 is 7.73. The van der Waals surface area contributed by atoms with Crippen LogP contribution in [-0.4, -0.2) is 20.5 Å². The Balaban J connectivity index is 1.35. The molecule has 1 atom stereocenters. The average molecular weight is 360 g/mol. The van der Waals surface area contributed by atoms with Gasteiger partial charge < -0.3 is 9.73 Å². The van der Waals surface area contributed by atoms with Gasteiger partial charge in [0.1, 0.15) is 11.5 Å². The van der Waals surface area contributed by atoms with E-state index in [9.17, 15) is 4.79 Å². The molecule has 6 nitrogen and oxygen atoms in total. The third-order valence-corrected chi connectivity index (χ3v) is 4.42. The predicted octanol–water partition coefficient (Wildman–Crippen LogP) is 3.80. The Bertz CT molecular complexity index is 1050. The van der Waals surface area contributed by atoms with Crippen LogP contribution in [-0.2, 0) is 11.2 Å². The highest BCUT2D eigenvalue weighted by Crippen LogP contribution is 2.22. The third-order valence-electron chi connectivity index (χ3n) is 4.42. The number of nitrogens with zero attached hydrogens (tertiary/aromatic N) is 3. The largest absolute Gasteiger partial charge is 0.461 e. The summed E-state index contributed by atoms with van der Waals surface area (Å²) >= 11 is 0. The first-order valence-electron chi connectivity index (χ1n) is 8.94. The number of carbonyl (C=O) groups is 1. The zero-order chi connectivity index (χ0) is 18.6. The summed E-state index contributed by atoms with van der Waals surface area (Å²) in [5, 5.41) is 11.3. The van der Waals surface area contributed by atoms with Crippen LogP contribution >= 0.6 is 0 Å². The first kappa shape index (κ1) is 17.0. The van der Waals surface area contributed by atoms with E-state index in [4.69, 9.17) is 4.42 Å². The second-order valence-electron chi connectivity index (χ2n) is 6.41. The van der Waals surface area contributed by atoms with Gasteiger partial charge in [-0.05, 0) is 31.2 Å². The highest BCUT2D eigenvalue weighted by molar-refractivity contribution is 5.76. The Labute approximate surface area is 156 Å². The number of aryl methyl sites for hydroxylation is 1. The van der Waals surface area contributed by atoms with Crippen molar-refractivity contribution in [1.29, 1.82) is 0 Å². The van der Waals surface area contributed by atoms with Gasteiger partial charge in [-0.3, -0.25) is 9.20 Å². The van der Waals surface area contributed by atoms with Crippen LogP contribution in [0.3, 0.4) is 0 Å². The summed E-state index contributed by atoms with van der Waals surface area (Å²) in [6.07, 6.45) is 2.79. The molecule has 0 aliphatic heterocycles. The lowest BCUT2D eigenvalue weighted by molar-refractivity contribution is -0.121. The van der Waals surface area contributed by atoms with Crippen LogP contribution in [0.2, 0.25) is 0 Å². The van der Waals surface area contributed by atoms with Crippen LogP contribution in [0.1, 0.15) is 31.0 Å². The summed E-state index contributed by atoms with van der Waals surface area (Å²) in [6.45, 7) is 1.90. The van der Waals surface area contributed by atoms with Crippen LogP contribution in [0.5, 0.6) is 0 Å². The number of furan rings is 1. The SMILES string of the molecule is CC(NC(=O)CCc1ccc(-c2ccccc2)o1)c1nnc2ccccn12. The maximum Gasteiger partial charge on any atom is 0.221 e. The van der Waals surface area contributed by atoms with E-state index in [2.05, 4.69) is 15.5 Å². The van der Waals surface area contributed by atoms with E-state index in [0.717, 1.165) is 22.7 Å². The molecule has 0 spiro atoms. The van der Waals surface area contributed by atoms with E-state index < -0.39 is 0 Å². The molecule has 1 aromatic carbocycles. The van der Waals surface area contributed by atoms with E-state index in [0.29, 0.717) is 18.7 Å². The Hall–Kier alpha value is -3.41. The van der Waals surface area contributed by atoms with E-state index >= 15 is 0 Å². The van der Waals surface area contributed by atoms with Gasteiger partial charge in [0.2, 0.25) is 5.91 Å². The van der Waals surface area contributed by atoms with E-state index in [1.807, 2.05) is 78.2 Å². The fourth-order valence-corrected chi connectivity index (χ4v) is 3.04. The molecule has 27 heavy (non-hydrogen) atoms. The molecule has 0 aliphatic rings. The van der Waals surface area contributed by atoms with Crippen molar-refractivity contribution in [2.24, 2.45) is 0 Å². The number of pyridine rings is 1. The summed E-state index contributed by atoms with van der Waals surface area (Å²) in [7, 11) is 0. The molecule has 4 aromatic rings. The molecule has 6 heteroatoms. The number of aromatic nitrogens is 3. The van der Waals surface area contributed by atoms with Crippen molar-refractivity contribution in [3.05, 3.63) is 78.4 Å². The van der Waals surface area contributed by atoms with Crippen LogP contribution < -0.4 is 5.32 Å². The maximum absolute atomic E-state index is 12.3.